The fourth-order valence-corrected chi connectivity index (χ4v) is 2.42. The van der Waals surface area contributed by atoms with Gasteiger partial charge >= 0.3 is 5.97 Å². The number of nitrogens with zero attached hydrogens (tertiary/aromatic N) is 1. The molecule has 1 atom stereocenters. The van der Waals surface area contributed by atoms with Crippen molar-refractivity contribution in [2.75, 3.05) is 7.05 Å². The Balaban J connectivity index is 1.99. The lowest BCUT2D eigenvalue weighted by Gasteiger charge is -2.17. The van der Waals surface area contributed by atoms with E-state index < -0.39 is 12.0 Å². The third-order valence-electron chi connectivity index (χ3n) is 3.66. The molecule has 2 aromatic rings. The molecule has 0 aromatic heterocycles. The lowest BCUT2D eigenvalue weighted by atomic mass is 10.1. The smallest absolute Gasteiger partial charge is 0.325 e. The third kappa shape index (κ3) is 5.21. The quantitative estimate of drug-likeness (QED) is 0.820. The van der Waals surface area contributed by atoms with Crippen LogP contribution >= 0.6 is 0 Å². The molecule has 1 amide bonds. The maximum Gasteiger partial charge on any atom is 0.325 e. The Hall–Kier alpha value is -2.66. The summed E-state index contributed by atoms with van der Waals surface area (Å²) in [6, 6.07) is 16.5. The minimum atomic E-state index is -1.05. The standard InChI is InChI=1S/C19H22N2O3/c1-14(19(23)24)20-18(22)17-10-6-9-16(11-17)13-21(2)12-15-7-4-3-5-8-15/h3-11,14H,12-13H2,1-2H3,(H,20,22)(H,23,24)/t14-/m0/s1. The Bertz CT molecular complexity index is 701. The van der Waals surface area contributed by atoms with Crippen LogP contribution in [-0.4, -0.2) is 35.0 Å². The first-order chi connectivity index (χ1) is 11.5. The third-order valence-corrected chi connectivity index (χ3v) is 3.66. The predicted octanol–water partition coefficient (Wildman–Crippen LogP) is 2.52. The molecule has 0 aliphatic rings. The number of hydrogen-bond acceptors (Lipinski definition) is 3. The lowest BCUT2D eigenvalue weighted by molar-refractivity contribution is -0.138. The van der Waals surface area contributed by atoms with Gasteiger partial charge in [-0.15, -0.1) is 0 Å². The van der Waals surface area contributed by atoms with Crippen molar-refractivity contribution in [3.63, 3.8) is 0 Å². The molecule has 2 N–H and O–H groups in total. The summed E-state index contributed by atoms with van der Waals surface area (Å²) in [6.45, 7) is 2.95. The summed E-state index contributed by atoms with van der Waals surface area (Å²) in [5.74, 6) is -1.43. The van der Waals surface area contributed by atoms with E-state index in [1.165, 1.54) is 12.5 Å². The fraction of sp³-hybridized carbons (Fsp3) is 0.263. The Morgan fingerprint density at radius 2 is 1.67 bits per heavy atom. The second-order valence-electron chi connectivity index (χ2n) is 5.89. The van der Waals surface area contributed by atoms with E-state index >= 15 is 0 Å². The van der Waals surface area contributed by atoms with Crippen LogP contribution in [0.15, 0.2) is 54.6 Å². The topological polar surface area (TPSA) is 69.6 Å². The van der Waals surface area contributed by atoms with Gasteiger partial charge in [0.25, 0.3) is 5.91 Å². The Labute approximate surface area is 141 Å². The summed E-state index contributed by atoms with van der Waals surface area (Å²) >= 11 is 0. The summed E-state index contributed by atoms with van der Waals surface area (Å²) in [5.41, 5.74) is 2.70. The minimum absolute atomic E-state index is 0.377. The maximum absolute atomic E-state index is 12.1. The average Bonchev–Trinajstić information content (AvgIpc) is 2.55. The van der Waals surface area contributed by atoms with E-state index in [0.29, 0.717) is 12.1 Å². The van der Waals surface area contributed by atoms with Crippen molar-refractivity contribution in [1.82, 2.24) is 10.2 Å². The van der Waals surface area contributed by atoms with Crippen LogP contribution in [0.2, 0.25) is 0 Å². The molecule has 5 nitrogen and oxygen atoms in total. The highest BCUT2D eigenvalue weighted by molar-refractivity contribution is 5.96. The summed E-state index contributed by atoms with van der Waals surface area (Å²) in [4.78, 5) is 25.1. The van der Waals surface area contributed by atoms with Gasteiger partial charge in [0.15, 0.2) is 0 Å². The molecule has 0 saturated heterocycles. The number of amides is 1. The average molecular weight is 326 g/mol. The van der Waals surface area contributed by atoms with Crippen LogP contribution in [0.4, 0.5) is 0 Å². The molecule has 0 radical (unpaired) electrons. The minimum Gasteiger partial charge on any atom is -0.480 e. The van der Waals surface area contributed by atoms with Crippen molar-refractivity contribution >= 4 is 11.9 Å². The lowest BCUT2D eigenvalue weighted by Crippen LogP contribution is -2.38. The first-order valence-corrected chi connectivity index (χ1v) is 7.81. The molecule has 5 heteroatoms. The van der Waals surface area contributed by atoms with Crippen LogP contribution in [0, 0.1) is 0 Å². The van der Waals surface area contributed by atoms with Crippen molar-refractivity contribution in [2.24, 2.45) is 0 Å². The fourth-order valence-electron chi connectivity index (χ4n) is 2.42. The van der Waals surface area contributed by atoms with E-state index in [9.17, 15) is 9.59 Å². The molecule has 0 bridgehead atoms. The van der Waals surface area contributed by atoms with Crippen molar-refractivity contribution in [2.45, 2.75) is 26.1 Å². The number of carboxylic acids is 1. The van der Waals surface area contributed by atoms with Crippen molar-refractivity contribution in [3.05, 3.63) is 71.3 Å². The molecule has 0 heterocycles. The molecular formula is C19H22N2O3. The van der Waals surface area contributed by atoms with Gasteiger partial charge in [-0.25, -0.2) is 0 Å². The molecule has 0 fully saturated rings. The van der Waals surface area contributed by atoms with Gasteiger partial charge < -0.3 is 10.4 Å². The second kappa shape index (κ2) is 8.26. The number of carbonyl (C=O) groups excluding carboxylic acids is 1. The number of rotatable bonds is 7. The summed E-state index contributed by atoms with van der Waals surface area (Å²) in [6.07, 6.45) is 0. The van der Waals surface area contributed by atoms with E-state index in [2.05, 4.69) is 22.3 Å². The molecule has 2 aromatic carbocycles. The van der Waals surface area contributed by atoms with Gasteiger partial charge in [-0.3, -0.25) is 14.5 Å². The maximum atomic E-state index is 12.1. The van der Waals surface area contributed by atoms with E-state index in [0.717, 1.165) is 12.1 Å². The number of aliphatic carboxylic acids is 1. The summed E-state index contributed by atoms with van der Waals surface area (Å²) < 4.78 is 0. The monoisotopic (exact) mass is 326 g/mol. The van der Waals surface area contributed by atoms with Crippen molar-refractivity contribution in [1.29, 1.82) is 0 Å². The first kappa shape index (κ1) is 17.7. The first-order valence-electron chi connectivity index (χ1n) is 7.81. The number of carbonyl (C=O) groups is 2. The highest BCUT2D eigenvalue weighted by atomic mass is 16.4. The zero-order valence-corrected chi connectivity index (χ0v) is 13.9. The van der Waals surface area contributed by atoms with Crippen LogP contribution in [0.1, 0.15) is 28.4 Å². The number of carboxylic acid groups (broad SMARTS) is 1. The van der Waals surface area contributed by atoms with Crippen LogP contribution in [0.25, 0.3) is 0 Å². The molecule has 0 unspecified atom stereocenters. The zero-order chi connectivity index (χ0) is 17.5. The SMILES string of the molecule is C[C@H](NC(=O)c1cccc(CN(C)Cc2ccccc2)c1)C(=O)O. The van der Waals surface area contributed by atoms with Gasteiger partial charge in [-0.2, -0.15) is 0 Å². The molecule has 126 valence electrons. The molecule has 0 spiro atoms. The van der Waals surface area contributed by atoms with Gasteiger partial charge in [-0.1, -0.05) is 42.5 Å². The van der Waals surface area contributed by atoms with E-state index in [1.807, 2.05) is 37.4 Å². The molecular weight excluding hydrogens is 304 g/mol. The largest absolute Gasteiger partial charge is 0.480 e. The van der Waals surface area contributed by atoms with Crippen molar-refractivity contribution in [3.8, 4) is 0 Å². The normalized spacial score (nSPS) is 12.0. The van der Waals surface area contributed by atoms with Gasteiger partial charge in [0, 0.05) is 18.7 Å². The van der Waals surface area contributed by atoms with Crippen LogP contribution in [-0.2, 0) is 17.9 Å². The number of nitrogens with one attached hydrogen (secondary N) is 1. The van der Waals surface area contributed by atoms with E-state index in [1.54, 1.807) is 12.1 Å². The second-order valence-corrected chi connectivity index (χ2v) is 5.89. The van der Waals surface area contributed by atoms with Crippen LogP contribution in [0.3, 0.4) is 0 Å². The highest BCUT2D eigenvalue weighted by Gasteiger charge is 2.15. The molecule has 0 aliphatic carbocycles. The van der Waals surface area contributed by atoms with Crippen molar-refractivity contribution < 1.29 is 14.7 Å². The van der Waals surface area contributed by atoms with Gasteiger partial charge in [-0.05, 0) is 37.2 Å². The molecule has 24 heavy (non-hydrogen) atoms. The Morgan fingerprint density at radius 1 is 1.04 bits per heavy atom. The van der Waals surface area contributed by atoms with Crippen LogP contribution < -0.4 is 5.32 Å². The van der Waals surface area contributed by atoms with Gasteiger partial charge in [0.2, 0.25) is 0 Å². The Morgan fingerprint density at radius 3 is 2.33 bits per heavy atom. The number of benzene rings is 2. The van der Waals surface area contributed by atoms with Gasteiger partial charge in [0.1, 0.15) is 6.04 Å². The molecule has 2 rings (SSSR count). The summed E-state index contributed by atoms with van der Waals surface area (Å²) in [5, 5.41) is 11.3. The molecule has 0 aliphatic heterocycles. The molecule has 0 saturated carbocycles. The predicted molar refractivity (Wildman–Crippen MR) is 92.6 cm³/mol. The Kier molecular flexibility index (Phi) is 6.09. The zero-order valence-electron chi connectivity index (χ0n) is 13.9. The number of hydrogen-bond donors (Lipinski definition) is 2. The highest BCUT2D eigenvalue weighted by Crippen LogP contribution is 2.10. The van der Waals surface area contributed by atoms with Crippen LogP contribution in [0.5, 0.6) is 0 Å². The van der Waals surface area contributed by atoms with E-state index in [-0.39, 0.29) is 5.91 Å². The van der Waals surface area contributed by atoms with Gasteiger partial charge in [0.05, 0.1) is 0 Å². The van der Waals surface area contributed by atoms with E-state index in [4.69, 9.17) is 5.11 Å². The summed E-state index contributed by atoms with van der Waals surface area (Å²) in [7, 11) is 2.02.